The number of benzene rings is 1. The number of rotatable bonds is 10. The van der Waals surface area contributed by atoms with Gasteiger partial charge >= 0.3 is 5.97 Å². The maximum Gasteiger partial charge on any atom is 0.302 e. The number of hydrogen-bond donors (Lipinski definition) is 2. The van der Waals surface area contributed by atoms with Crippen molar-refractivity contribution in [3.8, 4) is 17.2 Å². The van der Waals surface area contributed by atoms with Gasteiger partial charge in [0.2, 0.25) is 5.75 Å². The van der Waals surface area contributed by atoms with Crippen LogP contribution in [0.3, 0.4) is 0 Å². The zero-order chi connectivity index (χ0) is 24.0. The van der Waals surface area contributed by atoms with E-state index in [0.29, 0.717) is 24.4 Å². The quantitative estimate of drug-likeness (QED) is 0.399. The highest BCUT2D eigenvalue weighted by atomic mass is 16.5. The average molecular weight is 458 g/mol. The van der Waals surface area contributed by atoms with Crippen molar-refractivity contribution < 1.29 is 29.3 Å². The molecule has 0 spiro atoms. The van der Waals surface area contributed by atoms with Gasteiger partial charge in [0.15, 0.2) is 11.5 Å². The second-order valence-electron chi connectivity index (χ2n) is 9.11. The fourth-order valence-electron chi connectivity index (χ4n) is 5.16. The third kappa shape index (κ3) is 6.36. The highest BCUT2D eigenvalue weighted by Gasteiger charge is 2.39. The van der Waals surface area contributed by atoms with Crippen molar-refractivity contribution in [2.75, 3.05) is 13.7 Å². The van der Waals surface area contributed by atoms with E-state index in [1.165, 1.54) is 25.7 Å². The molecule has 0 aromatic heterocycles. The summed E-state index contributed by atoms with van der Waals surface area (Å²) in [6, 6.07) is 3.05. The third-order valence-electron chi connectivity index (χ3n) is 6.94. The third-order valence-corrected chi connectivity index (χ3v) is 6.94. The van der Waals surface area contributed by atoms with Gasteiger partial charge in [0, 0.05) is 31.9 Å². The molecule has 2 aliphatic rings. The Kier molecular flexibility index (Phi) is 8.53. The average Bonchev–Trinajstić information content (AvgIpc) is 3.33. The number of ether oxygens (including phenoxy) is 2. The number of aryl methyl sites for hydroxylation is 1. The Labute approximate surface area is 195 Å². The van der Waals surface area contributed by atoms with Crippen LogP contribution in [0, 0.1) is 17.8 Å². The molecule has 33 heavy (non-hydrogen) atoms. The number of aliphatic imine (C=N–C) groups is 1. The standard InChI is InChI=1S/C26H35NO6/c1-4-17-6-8-21(19-9-10-27-15-19)22(11-17)24(33-16(2)28)14-20(29)7-5-18-12-23(30)26(31)25(13-18)32-3/h9,12-13,15,17,21-22,24,30-31H,4-8,10-11,14H2,1-3H3/t17-,21-,22+,24-/m0/s1. The van der Waals surface area contributed by atoms with E-state index in [-0.39, 0.29) is 53.7 Å². The van der Waals surface area contributed by atoms with Gasteiger partial charge in [0.1, 0.15) is 11.9 Å². The van der Waals surface area contributed by atoms with E-state index in [9.17, 15) is 19.8 Å². The van der Waals surface area contributed by atoms with E-state index in [1.54, 1.807) is 6.07 Å². The number of carbonyl (C=O) groups is 2. The van der Waals surface area contributed by atoms with Gasteiger partial charge in [-0.15, -0.1) is 0 Å². The van der Waals surface area contributed by atoms with Crippen LogP contribution in [0.4, 0.5) is 0 Å². The first-order valence-electron chi connectivity index (χ1n) is 11.8. The summed E-state index contributed by atoms with van der Waals surface area (Å²) >= 11 is 0. The number of esters is 1. The van der Waals surface area contributed by atoms with Crippen LogP contribution in [0.15, 0.2) is 28.8 Å². The van der Waals surface area contributed by atoms with Crippen LogP contribution < -0.4 is 4.74 Å². The Hall–Kier alpha value is -2.83. The lowest BCUT2D eigenvalue weighted by Gasteiger charge is -2.40. The smallest absolute Gasteiger partial charge is 0.302 e. The van der Waals surface area contributed by atoms with Crippen LogP contribution in [0.1, 0.15) is 57.9 Å². The fraction of sp³-hybridized carbons (Fsp3) is 0.577. The van der Waals surface area contributed by atoms with Gasteiger partial charge in [-0.05, 0) is 60.8 Å². The van der Waals surface area contributed by atoms with Crippen LogP contribution in [0.25, 0.3) is 0 Å². The van der Waals surface area contributed by atoms with Crippen molar-refractivity contribution in [2.45, 2.75) is 64.9 Å². The molecule has 0 saturated heterocycles. The molecule has 1 fully saturated rings. The molecule has 1 aromatic rings. The number of nitrogens with zero attached hydrogens (tertiary/aromatic N) is 1. The fourth-order valence-corrected chi connectivity index (χ4v) is 5.16. The summed E-state index contributed by atoms with van der Waals surface area (Å²) in [5.41, 5.74) is 1.89. The van der Waals surface area contributed by atoms with Crippen LogP contribution >= 0.6 is 0 Å². The molecule has 4 atom stereocenters. The van der Waals surface area contributed by atoms with Gasteiger partial charge < -0.3 is 19.7 Å². The highest BCUT2D eigenvalue weighted by Crippen LogP contribution is 2.43. The minimum Gasteiger partial charge on any atom is -0.504 e. The predicted octanol–water partition coefficient (Wildman–Crippen LogP) is 4.38. The Balaban J connectivity index is 1.72. The highest BCUT2D eigenvalue weighted by molar-refractivity contribution is 5.82. The Morgan fingerprint density at radius 2 is 2.03 bits per heavy atom. The molecule has 0 unspecified atom stereocenters. The van der Waals surface area contributed by atoms with Crippen molar-refractivity contribution in [1.29, 1.82) is 0 Å². The number of phenolic OH excluding ortho intramolecular Hbond substituents is 2. The van der Waals surface area contributed by atoms with Crippen molar-refractivity contribution in [2.24, 2.45) is 22.7 Å². The number of allylic oxidation sites excluding steroid dienone is 1. The van der Waals surface area contributed by atoms with Gasteiger partial charge in [-0.3, -0.25) is 14.6 Å². The zero-order valence-electron chi connectivity index (χ0n) is 19.8. The van der Waals surface area contributed by atoms with Crippen molar-refractivity contribution in [3.05, 3.63) is 29.3 Å². The van der Waals surface area contributed by atoms with Gasteiger partial charge in [-0.2, -0.15) is 0 Å². The molecule has 3 rings (SSSR count). The molecule has 1 aliphatic carbocycles. The maximum absolute atomic E-state index is 13.0. The number of ketones is 1. The summed E-state index contributed by atoms with van der Waals surface area (Å²) < 4.78 is 10.8. The first-order valence-corrected chi connectivity index (χ1v) is 11.8. The van der Waals surface area contributed by atoms with Crippen LogP contribution in [-0.2, 0) is 20.7 Å². The van der Waals surface area contributed by atoms with E-state index in [4.69, 9.17) is 9.47 Å². The number of hydrogen-bond acceptors (Lipinski definition) is 7. The molecular formula is C26H35NO6. The van der Waals surface area contributed by atoms with Crippen molar-refractivity contribution in [1.82, 2.24) is 0 Å². The number of phenols is 2. The molecule has 1 saturated carbocycles. The summed E-state index contributed by atoms with van der Waals surface area (Å²) in [5.74, 6) is 0.0901. The van der Waals surface area contributed by atoms with Gasteiger partial charge in [-0.1, -0.05) is 19.4 Å². The van der Waals surface area contributed by atoms with Crippen molar-refractivity contribution >= 4 is 18.0 Å². The van der Waals surface area contributed by atoms with Crippen LogP contribution in [0.5, 0.6) is 17.2 Å². The molecule has 1 aromatic carbocycles. The van der Waals surface area contributed by atoms with Crippen LogP contribution in [0.2, 0.25) is 0 Å². The second kappa shape index (κ2) is 11.3. The van der Waals surface area contributed by atoms with E-state index >= 15 is 0 Å². The maximum atomic E-state index is 13.0. The number of Topliss-reactive ketones (excluding diaryl/α,β-unsaturated/α-hetero) is 1. The van der Waals surface area contributed by atoms with Crippen molar-refractivity contribution in [3.63, 3.8) is 0 Å². The van der Waals surface area contributed by atoms with Gasteiger partial charge in [0.05, 0.1) is 13.7 Å². The molecule has 7 heteroatoms. The summed E-state index contributed by atoms with van der Waals surface area (Å²) in [5, 5.41) is 19.7. The predicted molar refractivity (Wildman–Crippen MR) is 126 cm³/mol. The van der Waals surface area contributed by atoms with E-state index in [2.05, 4.69) is 18.0 Å². The largest absolute Gasteiger partial charge is 0.504 e. The summed E-state index contributed by atoms with van der Waals surface area (Å²) in [6.45, 7) is 4.27. The molecule has 7 nitrogen and oxygen atoms in total. The monoisotopic (exact) mass is 457 g/mol. The minimum absolute atomic E-state index is 0.000720. The molecule has 0 radical (unpaired) electrons. The van der Waals surface area contributed by atoms with Crippen LogP contribution in [-0.4, -0.2) is 47.9 Å². The molecule has 180 valence electrons. The molecular weight excluding hydrogens is 422 g/mol. The number of methoxy groups -OCH3 is 1. The summed E-state index contributed by atoms with van der Waals surface area (Å²) in [6.07, 6.45) is 8.56. The SMILES string of the molecule is CC[C@H]1CC[C@@H](C2=CCN=C2)[C@H]([C@H](CC(=O)CCc2cc(O)c(O)c(OC)c2)OC(C)=O)C1. The zero-order valence-corrected chi connectivity index (χ0v) is 19.8. The van der Waals surface area contributed by atoms with E-state index in [1.807, 2.05) is 6.21 Å². The normalized spacial score (nSPS) is 23.1. The lowest BCUT2D eigenvalue weighted by Crippen LogP contribution is -2.38. The number of aromatic hydroxyl groups is 2. The first kappa shape index (κ1) is 24.8. The second-order valence-corrected chi connectivity index (χ2v) is 9.11. The Morgan fingerprint density at radius 3 is 2.67 bits per heavy atom. The molecule has 0 amide bonds. The molecule has 2 N–H and O–H groups in total. The lowest BCUT2D eigenvalue weighted by atomic mass is 9.67. The minimum atomic E-state index is -0.466. The van der Waals surface area contributed by atoms with E-state index < -0.39 is 6.10 Å². The molecule has 1 heterocycles. The summed E-state index contributed by atoms with van der Waals surface area (Å²) in [4.78, 5) is 29.2. The lowest BCUT2D eigenvalue weighted by molar-refractivity contribution is -0.152. The Morgan fingerprint density at radius 1 is 1.24 bits per heavy atom. The van der Waals surface area contributed by atoms with Gasteiger partial charge in [-0.25, -0.2) is 0 Å². The summed E-state index contributed by atoms with van der Waals surface area (Å²) in [7, 11) is 1.40. The van der Waals surface area contributed by atoms with E-state index in [0.717, 1.165) is 25.7 Å². The molecule has 1 aliphatic heterocycles. The molecule has 0 bridgehead atoms. The van der Waals surface area contributed by atoms with Gasteiger partial charge in [0.25, 0.3) is 0 Å². The topological polar surface area (TPSA) is 105 Å². The Bertz CT molecular complexity index is 922. The first-order chi connectivity index (χ1) is 15.8. The number of carbonyl (C=O) groups excluding carboxylic acids is 2.